The number of nitrogens with one attached hydrogen (secondary N) is 2. The molecule has 1 atom stereocenters. The number of hydrogen-bond acceptors (Lipinski definition) is 4. The van der Waals surface area contributed by atoms with E-state index in [2.05, 4.69) is 15.6 Å². The molecule has 0 spiro atoms. The van der Waals surface area contributed by atoms with Gasteiger partial charge < -0.3 is 15.5 Å². The highest BCUT2D eigenvalue weighted by Crippen LogP contribution is 2.27. The third-order valence-electron chi connectivity index (χ3n) is 3.46. The van der Waals surface area contributed by atoms with Gasteiger partial charge in [-0.05, 0) is 25.5 Å². The Morgan fingerprint density at radius 3 is 3.05 bits per heavy atom. The van der Waals surface area contributed by atoms with Gasteiger partial charge >= 0.3 is 0 Å². The quantitative estimate of drug-likeness (QED) is 0.519. The fourth-order valence-electron chi connectivity index (χ4n) is 2.32. The van der Waals surface area contributed by atoms with Gasteiger partial charge in [0.15, 0.2) is 0 Å². The monoisotopic (exact) mass is 290 g/mol. The molecule has 0 fully saturated rings. The maximum atomic E-state index is 12.4. The summed E-state index contributed by atoms with van der Waals surface area (Å²) in [6.45, 7) is 2.66. The number of nitrogens with zero attached hydrogens (tertiary/aromatic N) is 2. The van der Waals surface area contributed by atoms with E-state index in [1.54, 1.807) is 36.3 Å². The van der Waals surface area contributed by atoms with E-state index in [0.717, 1.165) is 0 Å². The van der Waals surface area contributed by atoms with Crippen LogP contribution in [0.1, 0.15) is 19.8 Å². The van der Waals surface area contributed by atoms with Crippen LogP contribution in [-0.2, 0) is 14.4 Å². The Hall–Kier alpha value is -2.44. The number of fused-ring (bicyclic) bond motifs is 1. The van der Waals surface area contributed by atoms with Crippen LogP contribution in [0.15, 0.2) is 29.4 Å². The first-order valence-electron chi connectivity index (χ1n) is 6.79. The minimum Gasteiger partial charge on any atom is -0.359 e. The number of aliphatic imine (C=N–C) groups is 1. The van der Waals surface area contributed by atoms with Gasteiger partial charge in [-0.2, -0.15) is 4.99 Å². The summed E-state index contributed by atoms with van der Waals surface area (Å²) in [4.78, 5) is 40.0. The molecule has 7 heteroatoms. The highest BCUT2D eigenvalue weighted by Gasteiger charge is 2.44. The molecule has 2 aliphatic rings. The molecule has 2 aliphatic heterocycles. The van der Waals surface area contributed by atoms with Gasteiger partial charge in [0, 0.05) is 19.3 Å². The van der Waals surface area contributed by atoms with E-state index in [1.165, 1.54) is 0 Å². The van der Waals surface area contributed by atoms with Crippen molar-refractivity contribution in [1.82, 2.24) is 15.5 Å². The lowest BCUT2D eigenvalue weighted by atomic mass is 9.91. The second-order valence-corrected chi connectivity index (χ2v) is 5.07. The van der Waals surface area contributed by atoms with Crippen LogP contribution in [0, 0.1) is 0 Å². The number of allylic oxidation sites excluding steroid dienone is 2. The number of carbonyl (C=O) groups excluding carboxylic acids is 3. The molecule has 0 bridgehead atoms. The van der Waals surface area contributed by atoms with Crippen LogP contribution in [0.25, 0.3) is 0 Å². The summed E-state index contributed by atoms with van der Waals surface area (Å²) in [7, 11) is 0. The Morgan fingerprint density at radius 2 is 2.29 bits per heavy atom. The smallest absolute Gasteiger partial charge is 0.250 e. The Morgan fingerprint density at radius 1 is 1.48 bits per heavy atom. The first kappa shape index (κ1) is 15.0. The largest absolute Gasteiger partial charge is 0.359 e. The van der Waals surface area contributed by atoms with Gasteiger partial charge in [-0.3, -0.25) is 14.4 Å². The zero-order chi connectivity index (χ0) is 15.3. The zero-order valence-electron chi connectivity index (χ0n) is 11.8. The molecule has 0 aromatic carbocycles. The normalized spacial score (nSPS) is 23.4. The van der Waals surface area contributed by atoms with Crippen molar-refractivity contribution in [3.05, 3.63) is 24.4 Å². The van der Waals surface area contributed by atoms with Crippen molar-refractivity contribution in [2.45, 2.75) is 25.3 Å². The van der Waals surface area contributed by atoms with Crippen LogP contribution in [0.3, 0.4) is 0 Å². The summed E-state index contributed by atoms with van der Waals surface area (Å²) in [5.41, 5.74) is -0.979. The Bertz CT molecular complexity index is 538. The fourth-order valence-corrected chi connectivity index (χ4v) is 2.32. The predicted molar refractivity (Wildman–Crippen MR) is 77.3 cm³/mol. The van der Waals surface area contributed by atoms with Crippen molar-refractivity contribution in [3.63, 3.8) is 0 Å². The maximum Gasteiger partial charge on any atom is 0.250 e. The van der Waals surface area contributed by atoms with Crippen molar-refractivity contribution in [2.75, 3.05) is 13.1 Å². The van der Waals surface area contributed by atoms with Gasteiger partial charge in [-0.15, -0.1) is 0 Å². The molecule has 3 amide bonds. The molecular formula is C14H18N4O3. The minimum atomic E-state index is -0.979. The second kappa shape index (κ2) is 6.34. The van der Waals surface area contributed by atoms with E-state index < -0.39 is 5.54 Å². The van der Waals surface area contributed by atoms with Crippen molar-refractivity contribution < 1.29 is 14.4 Å². The Balaban J connectivity index is 2.02. The second-order valence-electron chi connectivity index (χ2n) is 5.07. The summed E-state index contributed by atoms with van der Waals surface area (Å²) in [6.07, 6.45) is 8.32. The first-order chi connectivity index (χ1) is 10.1. The van der Waals surface area contributed by atoms with E-state index in [4.69, 9.17) is 0 Å². The van der Waals surface area contributed by atoms with E-state index in [9.17, 15) is 14.4 Å². The predicted octanol–water partition coefficient (Wildman–Crippen LogP) is -0.288. The van der Waals surface area contributed by atoms with Gasteiger partial charge in [0.05, 0.1) is 6.42 Å². The molecular weight excluding hydrogens is 272 g/mol. The van der Waals surface area contributed by atoms with Gasteiger partial charge in [0.2, 0.25) is 12.3 Å². The molecule has 2 heterocycles. The number of hydrogen-bond donors (Lipinski definition) is 2. The van der Waals surface area contributed by atoms with E-state index in [-0.39, 0.29) is 18.2 Å². The summed E-state index contributed by atoms with van der Waals surface area (Å²) in [5, 5.41) is 5.33. The lowest BCUT2D eigenvalue weighted by Crippen LogP contribution is -2.60. The van der Waals surface area contributed by atoms with Crippen molar-refractivity contribution >= 4 is 24.1 Å². The number of rotatable bonds is 6. The molecule has 2 N–H and O–H groups in total. The molecule has 0 radical (unpaired) electrons. The highest BCUT2D eigenvalue weighted by atomic mass is 16.2. The molecule has 0 aliphatic carbocycles. The zero-order valence-corrected chi connectivity index (χ0v) is 11.8. The summed E-state index contributed by atoms with van der Waals surface area (Å²) in [6, 6.07) is 0. The average Bonchev–Trinajstić information content (AvgIpc) is 2.46. The van der Waals surface area contributed by atoms with Gasteiger partial charge in [-0.1, -0.05) is 6.08 Å². The molecule has 0 aromatic heterocycles. The minimum absolute atomic E-state index is 0.0348. The Labute approximate surface area is 122 Å². The number of carbonyl (C=O) groups is 3. The van der Waals surface area contributed by atoms with E-state index in [0.29, 0.717) is 31.8 Å². The summed E-state index contributed by atoms with van der Waals surface area (Å²) < 4.78 is 0. The Kier molecular flexibility index (Phi) is 4.52. The van der Waals surface area contributed by atoms with Gasteiger partial charge in [0.25, 0.3) is 5.91 Å². The molecule has 0 saturated heterocycles. The summed E-state index contributed by atoms with van der Waals surface area (Å²) in [5.74, 6) is -0.0511. The first-order valence-corrected chi connectivity index (χ1v) is 6.79. The van der Waals surface area contributed by atoms with Crippen LogP contribution in [0.2, 0.25) is 0 Å². The molecule has 2 rings (SSSR count). The molecule has 7 nitrogen and oxygen atoms in total. The summed E-state index contributed by atoms with van der Waals surface area (Å²) >= 11 is 0. The topological polar surface area (TPSA) is 90.9 Å². The lowest BCUT2D eigenvalue weighted by Gasteiger charge is -2.41. The number of amides is 3. The molecule has 112 valence electrons. The van der Waals surface area contributed by atoms with Crippen LogP contribution in [0.5, 0.6) is 0 Å². The number of amidine groups is 1. The standard InChI is InChI=1S/C14H18N4O3/c1-14(13(21)16-7-4-6-15-10-19)9-12(20)17-11-5-2-3-8-18(11)14/h2-3,5,8,10H,4,6-7,9H2,1H3,(H,15,19)(H,16,21). The van der Waals surface area contributed by atoms with Gasteiger partial charge in [-0.25, -0.2) is 0 Å². The van der Waals surface area contributed by atoms with Crippen molar-refractivity contribution in [3.8, 4) is 0 Å². The fraction of sp³-hybridized carbons (Fsp3) is 0.429. The SMILES string of the molecule is CC1(C(=O)NCCCNC=O)CC(=O)N=C2C=CC=CN21. The van der Waals surface area contributed by atoms with Crippen molar-refractivity contribution in [1.29, 1.82) is 0 Å². The molecule has 0 aromatic rings. The maximum absolute atomic E-state index is 12.4. The average molecular weight is 290 g/mol. The van der Waals surface area contributed by atoms with E-state index in [1.807, 2.05) is 0 Å². The van der Waals surface area contributed by atoms with Crippen molar-refractivity contribution in [2.24, 2.45) is 4.99 Å². The lowest BCUT2D eigenvalue weighted by molar-refractivity contribution is -0.134. The van der Waals surface area contributed by atoms with Gasteiger partial charge in [0.1, 0.15) is 11.4 Å². The van der Waals surface area contributed by atoms with Crippen LogP contribution in [-0.4, -0.2) is 47.6 Å². The third kappa shape index (κ3) is 3.18. The molecule has 1 unspecified atom stereocenters. The highest BCUT2D eigenvalue weighted by molar-refractivity contribution is 6.09. The van der Waals surface area contributed by atoms with Crippen LogP contribution in [0.4, 0.5) is 0 Å². The van der Waals surface area contributed by atoms with Crippen LogP contribution < -0.4 is 10.6 Å². The van der Waals surface area contributed by atoms with Crippen LogP contribution >= 0.6 is 0 Å². The third-order valence-corrected chi connectivity index (χ3v) is 3.46. The van der Waals surface area contributed by atoms with E-state index >= 15 is 0 Å². The molecule has 21 heavy (non-hydrogen) atoms. The molecule has 0 saturated carbocycles.